The molecule has 0 saturated heterocycles. The zero-order chi connectivity index (χ0) is 18.4. The van der Waals surface area contributed by atoms with Crippen LogP contribution in [0.15, 0.2) is 54.6 Å². The van der Waals surface area contributed by atoms with E-state index in [0.717, 1.165) is 27.5 Å². The van der Waals surface area contributed by atoms with Crippen LogP contribution in [0.1, 0.15) is 0 Å². The molecule has 0 bridgehead atoms. The molecule has 0 spiro atoms. The summed E-state index contributed by atoms with van der Waals surface area (Å²) >= 11 is 13.7. The third-order valence-corrected chi connectivity index (χ3v) is 5.52. The Hall–Kier alpha value is -2.74. The first-order valence-electron chi connectivity index (χ1n) is 7.98. The number of rotatable bonds is 3. The summed E-state index contributed by atoms with van der Waals surface area (Å²) in [5, 5.41) is 22.3. The molecule has 0 radical (unpaired) electrons. The van der Waals surface area contributed by atoms with Crippen LogP contribution in [0.5, 0.6) is 0 Å². The molecule has 3 heterocycles. The first-order chi connectivity index (χ1) is 13.2. The number of benzene rings is 2. The Morgan fingerprint density at radius 2 is 1.81 bits per heavy atom. The molecule has 1 N–H and O–H groups in total. The second-order valence-corrected chi connectivity index (χ2v) is 7.58. The first kappa shape index (κ1) is 16.4. The highest BCUT2D eigenvalue weighted by Crippen LogP contribution is 2.32. The average Bonchev–Trinajstić information content (AvgIpc) is 3.38. The Morgan fingerprint density at radius 3 is 2.63 bits per heavy atom. The monoisotopic (exact) mass is 412 g/mol. The van der Waals surface area contributed by atoms with Gasteiger partial charge in [-0.15, -0.1) is 10.2 Å². The van der Waals surface area contributed by atoms with E-state index in [9.17, 15) is 0 Å². The summed E-state index contributed by atoms with van der Waals surface area (Å²) in [5.41, 5.74) is 3.44. The minimum absolute atomic E-state index is 0.499. The number of hydrogen-bond donors (Lipinski definition) is 1. The van der Waals surface area contributed by atoms with E-state index in [4.69, 9.17) is 23.2 Å². The Morgan fingerprint density at radius 1 is 0.963 bits per heavy atom. The van der Waals surface area contributed by atoms with E-state index in [-0.39, 0.29) is 0 Å². The Balaban J connectivity index is 1.57. The molecule has 9 heteroatoms. The lowest BCUT2D eigenvalue weighted by atomic mass is 10.1. The van der Waals surface area contributed by atoms with Gasteiger partial charge in [0.1, 0.15) is 0 Å². The minimum atomic E-state index is 0.499. The quantitative estimate of drug-likeness (QED) is 0.440. The van der Waals surface area contributed by atoms with Gasteiger partial charge in [0, 0.05) is 16.1 Å². The van der Waals surface area contributed by atoms with E-state index in [1.54, 1.807) is 16.6 Å². The molecule has 0 aliphatic heterocycles. The van der Waals surface area contributed by atoms with E-state index >= 15 is 0 Å². The molecule has 6 nitrogen and oxygen atoms in total. The molecular formula is C18H10Cl2N6S. The Bertz CT molecular complexity index is 1260. The van der Waals surface area contributed by atoms with Crippen molar-refractivity contribution < 1.29 is 0 Å². The van der Waals surface area contributed by atoms with Gasteiger partial charge in [-0.2, -0.15) is 14.7 Å². The molecule has 0 amide bonds. The number of nitrogens with zero attached hydrogens (tertiary/aromatic N) is 5. The van der Waals surface area contributed by atoms with Crippen LogP contribution in [-0.2, 0) is 0 Å². The largest absolute Gasteiger partial charge is 0.275 e. The molecule has 3 aromatic heterocycles. The average molecular weight is 413 g/mol. The van der Waals surface area contributed by atoms with Crippen molar-refractivity contribution in [2.45, 2.75) is 0 Å². The van der Waals surface area contributed by atoms with Gasteiger partial charge in [-0.3, -0.25) is 5.10 Å². The number of fused-ring (bicyclic) bond motifs is 1. The molecule has 5 rings (SSSR count). The van der Waals surface area contributed by atoms with Crippen molar-refractivity contribution in [2.75, 3.05) is 0 Å². The van der Waals surface area contributed by atoms with Crippen LogP contribution in [0.2, 0.25) is 10.0 Å². The second kappa shape index (κ2) is 6.45. The van der Waals surface area contributed by atoms with Gasteiger partial charge in [0.2, 0.25) is 4.96 Å². The van der Waals surface area contributed by atoms with Crippen LogP contribution >= 0.6 is 34.5 Å². The van der Waals surface area contributed by atoms with Crippen LogP contribution in [0, 0.1) is 0 Å². The van der Waals surface area contributed by atoms with Crippen molar-refractivity contribution in [2.24, 2.45) is 0 Å². The van der Waals surface area contributed by atoms with Crippen LogP contribution in [-0.4, -0.2) is 30.0 Å². The van der Waals surface area contributed by atoms with Crippen molar-refractivity contribution in [3.05, 3.63) is 64.6 Å². The second-order valence-electron chi connectivity index (χ2n) is 5.78. The molecule has 0 saturated carbocycles. The maximum atomic E-state index is 6.31. The van der Waals surface area contributed by atoms with Crippen LogP contribution in [0.3, 0.4) is 0 Å². The van der Waals surface area contributed by atoms with Gasteiger partial charge in [0.15, 0.2) is 10.8 Å². The van der Waals surface area contributed by atoms with Crippen molar-refractivity contribution in [1.82, 2.24) is 30.0 Å². The van der Waals surface area contributed by atoms with Gasteiger partial charge in [-0.25, -0.2) is 0 Å². The van der Waals surface area contributed by atoms with Gasteiger partial charge in [0.25, 0.3) is 0 Å². The highest BCUT2D eigenvalue weighted by atomic mass is 35.5. The fourth-order valence-electron chi connectivity index (χ4n) is 2.75. The molecule has 0 fully saturated rings. The summed E-state index contributed by atoms with van der Waals surface area (Å²) in [6.07, 6.45) is 0. The molecule has 27 heavy (non-hydrogen) atoms. The molecule has 0 aliphatic carbocycles. The summed E-state index contributed by atoms with van der Waals surface area (Å²) < 4.78 is 1.68. The molecular weight excluding hydrogens is 403 g/mol. The molecule has 5 aromatic rings. The summed E-state index contributed by atoms with van der Waals surface area (Å²) in [4.78, 5) is 0.668. The predicted molar refractivity (Wildman–Crippen MR) is 107 cm³/mol. The maximum Gasteiger partial charge on any atom is 0.235 e. The Labute approximate surface area is 167 Å². The van der Waals surface area contributed by atoms with Crippen molar-refractivity contribution >= 4 is 39.5 Å². The fourth-order valence-corrected chi connectivity index (χ4v) is 4.05. The fraction of sp³-hybridized carbons (Fsp3) is 0. The van der Waals surface area contributed by atoms with E-state index in [1.165, 1.54) is 11.3 Å². The van der Waals surface area contributed by atoms with E-state index in [0.29, 0.717) is 20.8 Å². The molecule has 0 unspecified atom stereocenters. The highest BCUT2D eigenvalue weighted by Gasteiger charge is 2.18. The SMILES string of the molecule is Clc1ccc(-c2nnc3sc(-c4cc(-c5ccccc5)n[nH]4)nn23)c(Cl)c1. The van der Waals surface area contributed by atoms with Crippen LogP contribution in [0.25, 0.3) is 38.3 Å². The summed E-state index contributed by atoms with van der Waals surface area (Å²) in [7, 11) is 0. The lowest BCUT2D eigenvalue weighted by Gasteiger charge is -2.00. The lowest BCUT2D eigenvalue weighted by Crippen LogP contribution is -1.92. The van der Waals surface area contributed by atoms with Gasteiger partial charge in [-0.1, -0.05) is 64.9 Å². The Kier molecular flexibility index (Phi) is 3.93. The first-order valence-corrected chi connectivity index (χ1v) is 9.55. The third-order valence-electron chi connectivity index (χ3n) is 4.04. The smallest absolute Gasteiger partial charge is 0.235 e. The molecule has 0 aliphatic rings. The van der Waals surface area contributed by atoms with Gasteiger partial charge in [-0.05, 0) is 24.3 Å². The summed E-state index contributed by atoms with van der Waals surface area (Å²) in [6, 6.07) is 17.2. The van der Waals surface area contributed by atoms with Crippen molar-refractivity contribution in [3.8, 4) is 33.3 Å². The zero-order valence-electron chi connectivity index (χ0n) is 13.6. The normalized spacial score (nSPS) is 11.3. The van der Waals surface area contributed by atoms with E-state index in [2.05, 4.69) is 25.5 Å². The summed E-state index contributed by atoms with van der Waals surface area (Å²) in [5.74, 6) is 0.567. The standard InChI is InChI=1S/C18H10Cl2N6S/c19-11-6-7-12(13(20)8-11)16-23-24-18-26(16)25-17(27-18)15-9-14(21-22-15)10-4-2-1-3-5-10/h1-9H,(H,21,22). The minimum Gasteiger partial charge on any atom is -0.275 e. The number of H-pyrrole nitrogens is 1. The molecule has 0 atom stereocenters. The lowest BCUT2D eigenvalue weighted by molar-refractivity contribution is 0.964. The van der Waals surface area contributed by atoms with E-state index < -0.39 is 0 Å². The van der Waals surface area contributed by atoms with Gasteiger partial charge in [0.05, 0.1) is 16.4 Å². The maximum absolute atomic E-state index is 6.31. The number of aromatic nitrogens is 6. The van der Waals surface area contributed by atoms with Crippen LogP contribution in [0.4, 0.5) is 0 Å². The predicted octanol–water partition coefficient (Wildman–Crippen LogP) is 5.22. The van der Waals surface area contributed by atoms with Gasteiger partial charge >= 0.3 is 0 Å². The number of nitrogens with one attached hydrogen (secondary N) is 1. The highest BCUT2D eigenvalue weighted by molar-refractivity contribution is 7.19. The van der Waals surface area contributed by atoms with Crippen molar-refractivity contribution in [3.63, 3.8) is 0 Å². The summed E-state index contributed by atoms with van der Waals surface area (Å²) in [6.45, 7) is 0. The topological polar surface area (TPSA) is 71.8 Å². The number of aromatic amines is 1. The van der Waals surface area contributed by atoms with Crippen molar-refractivity contribution in [1.29, 1.82) is 0 Å². The molecule has 2 aromatic carbocycles. The number of hydrogen-bond acceptors (Lipinski definition) is 5. The third kappa shape index (κ3) is 2.90. The molecule has 132 valence electrons. The zero-order valence-corrected chi connectivity index (χ0v) is 15.9. The van der Waals surface area contributed by atoms with Crippen LogP contribution < -0.4 is 0 Å². The van der Waals surface area contributed by atoms with E-state index in [1.807, 2.05) is 42.5 Å². The van der Waals surface area contributed by atoms with Gasteiger partial charge < -0.3 is 0 Å². The number of halogens is 2.